The fourth-order valence-electron chi connectivity index (χ4n) is 3.93. The van der Waals surface area contributed by atoms with Crippen LogP contribution < -0.4 is 10.1 Å². The molecule has 0 saturated heterocycles. The summed E-state index contributed by atoms with van der Waals surface area (Å²) in [7, 11) is 0. The van der Waals surface area contributed by atoms with Gasteiger partial charge in [0.15, 0.2) is 5.65 Å². The topological polar surface area (TPSA) is 79.9 Å². The normalized spacial score (nSPS) is 10.9. The molecule has 0 aliphatic carbocycles. The monoisotopic (exact) mass is 448 g/mol. The molecule has 0 fully saturated rings. The maximum atomic E-state index is 13.4. The van der Waals surface area contributed by atoms with Crippen molar-refractivity contribution in [1.29, 1.82) is 0 Å². The molecule has 5 rings (SSSR count). The van der Waals surface area contributed by atoms with E-state index in [1.165, 1.54) is 0 Å². The van der Waals surface area contributed by atoms with Gasteiger partial charge in [0.05, 0.1) is 28.9 Å². The first-order chi connectivity index (χ1) is 16.7. The van der Waals surface area contributed by atoms with Crippen molar-refractivity contribution in [2.45, 2.75) is 13.5 Å². The molecule has 5 aromatic rings. The third-order valence-electron chi connectivity index (χ3n) is 5.59. The number of H-pyrrole nitrogens is 1. The Balaban J connectivity index is 1.58. The number of aromatic nitrogens is 3. The van der Waals surface area contributed by atoms with Gasteiger partial charge in [-0.05, 0) is 42.8 Å². The van der Waals surface area contributed by atoms with E-state index in [9.17, 15) is 4.79 Å². The van der Waals surface area contributed by atoms with Crippen molar-refractivity contribution in [2.24, 2.45) is 0 Å². The van der Waals surface area contributed by atoms with Gasteiger partial charge in [0, 0.05) is 17.7 Å². The maximum Gasteiger partial charge on any atom is 0.252 e. The number of carbonyl (C=O) groups excluding carboxylic acids is 1. The number of aromatic amines is 1. The predicted molar refractivity (Wildman–Crippen MR) is 134 cm³/mol. The van der Waals surface area contributed by atoms with Crippen molar-refractivity contribution in [3.8, 4) is 28.3 Å². The van der Waals surface area contributed by atoms with Crippen molar-refractivity contribution >= 4 is 16.9 Å². The Labute approximate surface area is 197 Å². The summed E-state index contributed by atoms with van der Waals surface area (Å²) in [6.07, 6.45) is 0. The van der Waals surface area contributed by atoms with E-state index in [1.54, 1.807) is 0 Å². The number of rotatable bonds is 7. The lowest BCUT2D eigenvalue weighted by Gasteiger charge is -2.10. The number of carbonyl (C=O) groups is 1. The second-order valence-electron chi connectivity index (χ2n) is 7.84. The van der Waals surface area contributed by atoms with Crippen molar-refractivity contribution in [2.75, 3.05) is 6.61 Å². The standard InChI is InChI=1S/C28H24N4O2/c1-2-34-22-15-13-20(14-16-22)24-17-23(28(33)29-18-19-9-5-3-6-10-19)25-26(31-32-27(25)30-24)21-11-7-4-8-12-21/h3-17H,2,18H2,1H3,(H,29,33)(H,30,31,32). The Hall–Kier alpha value is -4.45. The molecule has 1 amide bonds. The molecular weight excluding hydrogens is 424 g/mol. The van der Waals surface area contributed by atoms with Crippen molar-refractivity contribution in [3.63, 3.8) is 0 Å². The molecule has 2 aromatic heterocycles. The zero-order valence-corrected chi connectivity index (χ0v) is 18.8. The van der Waals surface area contributed by atoms with E-state index < -0.39 is 0 Å². The number of pyridine rings is 1. The Morgan fingerprint density at radius 1 is 0.912 bits per heavy atom. The van der Waals surface area contributed by atoms with Crippen molar-refractivity contribution in [3.05, 3.63) is 102 Å². The smallest absolute Gasteiger partial charge is 0.252 e. The van der Waals surface area contributed by atoms with Gasteiger partial charge in [-0.15, -0.1) is 0 Å². The maximum absolute atomic E-state index is 13.4. The van der Waals surface area contributed by atoms with Gasteiger partial charge in [0.2, 0.25) is 0 Å². The Morgan fingerprint density at radius 2 is 1.62 bits per heavy atom. The molecule has 0 radical (unpaired) electrons. The second kappa shape index (κ2) is 9.58. The fraction of sp³-hybridized carbons (Fsp3) is 0.107. The summed E-state index contributed by atoms with van der Waals surface area (Å²) < 4.78 is 5.55. The van der Waals surface area contributed by atoms with Crippen LogP contribution in [0.25, 0.3) is 33.5 Å². The van der Waals surface area contributed by atoms with Crippen molar-refractivity contribution < 1.29 is 9.53 Å². The first-order valence-electron chi connectivity index (χ1n) is 11.2. The van der Waals surface area contributed by atoms with Gasteiger partial charge in [-0.1, -0.05) is 60.7 Å². The van der Waals surface area contributed by atoms with E-state index in [-0.39, 0.29) is 5.91 Å². The first kappa shape index (κ1) is 21.4. The molecule has 0 bridgehead atoms. The predicted octanol–water partition coefficient (Wildman–Crippen LogP) is 5.62. The third-order valence-corrected chi connectivity index (χ3v) is 5.59. The molecular formula is C28H24N4O2. The van der Waals surface area contributed by atoms with Gasteiger partial charge in [-0.25, -0.2) is 4.98 Å². The molecule has 0 atom stereocenters. The van der Waals surface area contributed by atoms with E-state index in [0.29, 0.717) is 35.4 Å². The molecule has 3 aromatic carbocycles. The Kier molecular flexibility index (Phi) is 6.03. The lowest BCUT2D eigenvalue weighted by atomic mass is 10.0. The highest BCUT2D eigenvalue weighted by Crippen LogP contribution is 2.32. The fourth-order valence-corrected chi connectivity index (χ4v) is 3.93. The van der Waals surface area contributed by atoms with Crippen LogP contribution in [-0.2, 0) is 6.54 Å². The molecule has 0 saturated carbocycles. The summed E-state index contributed by atoms with van der Waals surface area (Å²) in [4.78, 5) is 18.2. The molecule has 34 heavy (non-hydrogen) atoms. The van der Waals surface area contributed by atoms with Crippen LogP contribution in [0.5, 0.6) is 5.75 Å². The largest absolute Gasteiger partial charge is 0.494 e. The van der Waals surface area contributed by atoms with Crippen LogP contribution in [0.1, 0.15) is 22.8 Å². The molecule has 2 N–H and O–H groups in total. The zero-order valence-electron chi connectivity index (χ0n) is 18.8. The van der Waals surface area contributed by atoms with Gasteiger partial charge in [-0.3, -0.25) is 9.89 Å². The second-order valence-corrected chi connectivity index (χ2v) is 7.84. The van der Waals surface area contributed by atoms with E-state index >= 15 is 0 Å². The highest BCUT2D eigenvalue weighted by atomic mass is 16.5. The third kappa shape index (κ3) is 4.38. The summed E-state index contributed by atoms with van der Waals surface area (Å²) in [6, 6.07) is 29.2. The number of amides is 1. The van der Waals surface area contributed by atoms with Gasteiger partial charge in [0.25, 0.3) is 5.91 Å². The summed E-state index contributed by atoms with van der Waals surface area (Å²) >= 11 is 0. The number of ether oxygens (including phenoxy) is 1. The number of nitrogens with zero attached hydrogens (tertiary/aromatic N) is 2. The highest BCUT2D eigenvalue weighted by molar-refractivity contribution is 6.10. The van der Waals surface area contributed by atoms with Crippen LogP contribution in [0, 0.1) is 0 Å². The molecule has 0 spiro atoms. The minimum absolute atomic E-state index is 0.179. The first-order valence-corrected chi connectivity index (χ1v) is 11.2. The lowest BCUT2D eigenvalue weighted by Crippen LogP contribution is -2.23. The van der Waals surface area contributed by atoms with Gasteiger partial charge < -0.3 is 10.1 Å². The van der Waals surface area contributed by atoms with E-state index in [4.69, 9.17) is 9.72 Å². The van der Waals surface area contributed by atoms with E-state index in [1.807, 2.05) is 97.9 Å². The summed E-state index contributed by atoms with van der Waals surface area (Å²) in [5.74, 6) is 0.612. The van der Waals surface area contributed by atoms with Crippen molar-refractivity contribution in [1.82, 2.24) is 20.5 Å². The van der Waals surface area contributed by atoms with Gasteiger partial charge in [-0.2, -0.15) is 5.10 Å². The lowest BCUT2D eigenvalue weighted by molar-refractivity contribution is 0.0952. The van der Waals surface area contributed by atoms with E-state index in [0.717, 1.165) is 28.1 Å². The molecule has 0 aliphatic heterocycles. The van der Waals surface area contributed by atoms with Crippen LogP contribution in [0.2, 0.25) is 0 Å². The minimum atomic E-state index is -0.179. The number of hydrogen-bond donors (Lipinski definition) is 2. The molecule has 6 nitrogen and oxygen atoms in total. The average Bonchev–Trinajstić information content (AvgIpc) is 3.33. The van der Waals surface area contributed by atoms with Crippen LogP contribution >= 0.6 is 0 Å². The SMILES string of the molecule is CCOc1ccc(-c2cc(C(=O)NCc3ccccc3)c3c(-c4ccccc4)[nH]nc3n2)cc1. The highest BCUT2D eigenvalue weighted by Gasteiger charge is 2.20. The number of nitrogens with one attached hydrogen (secondary N) is 2. The molecule has 168 valence electrons. The zero-order chi connectivity index (χ0) is 23.3. The van der Waals surface area contributed by atoms with Crippen LogP contribution in [0.3, 0.4) is 0 Å². The quantitative estimate of drug-likeness (QED) is 0.339. The van der Waals surface area contributed by atoms with E-state index in [2.05, 4.69) is 15.5 Å². The van der Waals surface area contributed by atoms with Crippen LogP contribution in [0.4, 0.5) is 0 Å². The molecule has 0 unspecified atom stereocenters. The number of benzene rings is 3. The van der Waals surface area contributed by atoms with Crippen LogP contribution in [-0.4, -0.2) is 27.7 Å². The molecule has 6 heteroatoms. The Morgan fingerprint density at radius 3 is 2.32 bits per heavy atom. The summed E-state index contributed by atoms with van der Waals surface area (Å²) in [5, 5.41) is 11.3. The average molecular weight is 449 g/mol. The van der Waals surface area contributed by atoms with Gasteiger partial charge in [0.1, 0.15) is 5.75 Å². The minimum Gasteiger partial charge on any atom is -0.494 e. The summed E-state index contributed by atoms with van der Waals surface area (Å²) in [6.45, 7) is 2.98. The Bertz CT molecular complexity index is 1410. The molecule has 0 aliphatic rings. The number of fused-ring (bicyclic) bond motifs is 1. The van der Waals surface area contributed by atoms with Gasteiger partial charge >= 0.3 is 0 Å². The molecule has 2 heterocycles. The van der Waals surface area contributed by atoms with Crippen LogP contribution in [0.15, 0.2) is 91.0 Å². The number of hydrogen-bond acceptors (Lipinski definition) is 4. The summed E-state index contributed by atoms with van der Waals surface area (Å²) in [5.41, 5.74) is 5.32.